The Morgan fingerprint density at radius 2 is 1.83 bits per heavy atom. The van der Waals surface area contributed by atoms with Gasteiger partial charge < -0.3 is 16.0 Å². The van der Waals surface area contributed by atoms with E-state index < -0.39 is 12.1 Å². The molecular formula is C24H31N3O2. The van der Waals surface area contributed by atoms with E-state index in [1.807, 2.05) is 42.2 Å². The lowest BCUT2D eigenvalue weighted by molar-refractivity contribution is -0.133. The molecule has 1 atom stereocenters. The van der Waals surface area contributed by atoms with Crippen LogP contribution in [0.3, 0.4) is 0 Å². The number of piperidine rings is 1. The number of hydrogen-bond donors (Lipinski definition) is 2. The van der Waals surface area contributed by atoms with Gasteiger partial charge in [0.05, 0.1) is 12.5 Å². The summed E-state index contributed by atoms with van der Waals surface area (Å²) in [5, 5.41) is 2.73. The van der Waals surface area contributed by atoms with E-state index in [1.54, 1.807) is 0 Å². The fourth-order valence-corrected chi connectivity index (χ4v) is 4.10. The van der Waals surface area contributed by atoms with Crippen molar-refractivity contribution in [2.75, 3.05) is 13.1 Å². The molecular weight excluding hydrogens is 362 g/mol. The predicted molar refractivity (Wildman–Crippen MR) is 115 cm³/mol. The van der Waals surface area contributed by atoms with E-state index in [1.165, 1.54) is 12.0 Å². The number of nitrogens with zero attached hydrogens (tertiary/aromatic N) is 1. The molecule has 0 aromatic heterocycles. The van der Waals surface area contributed by atoms with E-state index in [9.17, 15) is 9.59 Å². The van der Waals surface area contributed by atoms with Gasteiger partial charge in [-0.2, -0.15) is 0 Å². The minimum Gasteiger partial charge on any atom is -0.352 e. The van der Waals surface area contributed by atoms with Gasteiger partial charge in [-0.25, -0.2) is 4.79 Å². The van der Waals surface area contributed by atoms with Crippen molar-refractivity contribution >= 4 is 11.9 Å². The Labute approximate surface area is 173 Å². The van der Waals surface area contributed by atoms with Crippen LogP contribution in [0.5, 0.6) is 0 Å². The molecule has 1 aliphatic rings. The maximum absolute atomic E-state index is 12.9. The van der Waals surface area contributed by atoms with Gasteiger partial charge >= 0.3 is 6.03 Å². The molecule has 3 N–H and O–H groups in total. The monoisotopic (exact) mass is 393 g/mol. The fourth-order valence-electron chi connectivity index (χ4n) is 4.10. The number of likely N-dealkylation sites (tertiary alicyclic amines) is 1. The van der Waals surface area contributed by atoms with E-state index in [4.69, 9.17) is 5.73 Å². The molecule has 5 heteroatoms. The number of rotatable bonds is 7. The first-order valence-corrected chi connectivity index (χ1v) is 10.5. The molecule has 0 radical (unpaired) electrons. The van der Waals surface area contributed by atoms with E-state index >= 15 is 0 Å². The van der Waals surface area contributed by atoms with Crippen LogP contribution in [0.25, 0.3) is 0 Å². The van der Waals surface area contributed by atoms with E-state index in [0.29, 0.717) is 5.92 Å². The van der Waals surface area contributed by atoms with Crippen molar-refractivity contribution in [1.82, 2.24) is 10.2 Å². The first-order chi connectivity index (χ1) is 14.0. The zero-order valence-corrected chi connectivity index (χ0v) is 17.1. The van der Waals surface area contributed by atoms with Crippen molar-refractivity contribution in [2.24, 2.45) is 11.7 Å². The van der Waals surface area contributed by atoms with Crippen LogP contribution in [-0.4, -0.2) is 29.9 Å². The number of benzene rings is 2. The summed E-state index contributed by atoms with van der Waals surface area (Å²) >= 11 is 0. The van der Waals surface area contributed by atoms with E-state index in [2.05, 4.69) is 29.6 Å². The number of nitrogens with two attached hydrogens (primary N) is 1. The Hall–Kier alpha value is -2.82. The molecule has 154 valence electrons. The molecule has 0 unspecified atom stereocenters. The summed E-state index contributed by atoms with van der Waals surface area (Å²) in [6.07, 6.45) is 4.58. The molecule has 2 aromatic carbocycles. The highest BCUT2D eigenvalue weighted by molar-refractivity contribution is 5.79. The van der Waals surface area contributed by atoms with Crippen LogP contribution < -0.4 is 11.1 Å². The number of urea groups is 1. The summed E-state index contributed by atoms with van der Waals surface area (Å²) < 4.78 is 0. The maximum atomic E-state index is 12.9. The van der Waals surface area contributed by atoms with Gasteiger partial charge in [0.25, 0.3) is 0 Å². The van der Waals surface area contributed by atoms with Crippen molar-refractivity contribution in [3.8, 4) is 0 Å². The second-order valence-corrected chi connectivity index (χ2v) is 8.03. The van der Waals surface area contributed by atoms with Gasteiger partial charge in [0.15, 0.2) is 0 Å². The number of carbonyl (C=O) groups is 2. The quantitative estimate of drug-likeness (QED) is 0.747. The molecule has 0 bridgehead atoms. The third-order valence-corrected chi connectivity index (χ3v) is 5.79. The van der Waals surface area contributed by atoms with Crippen molar-refractivity contribution in [3.05, 3.63) is 71.3 Å². The highest BCUT2D eigenvalue weighted by atomic mass is 16.2. The molecule has 29 heavy (non-hydrogen) atoms. The first kappa shape index (κ1) is 20.9. The summed E-state index contributed by atoms with van der Waals surface area (Å²) in [6, 6.07) is 17.4. The average Bonchev–Trinajstić information content (AvgIpc) is 2.72. The summed E-state index contributed by atoms with van der Waals surface area (Å²) in [6.45, 7) is 3.57. The molecule has 1 heterocycles. The van der Waals surface area contributed by atoms with Crippen molar-refractivity contribution in [1.29, 1.82) is 0 Å². The number of amides is 3. The Bertz CT molecular complexity index is 814. The molecule has 1 aliphatic heterocycles. The number of nitrogens with one attached hydrogen (secondary N) is 1. The minimum absolute atomic E-state index is 0.0757. The van der Waals surface area contributed by atoms with Gasteiger partial charge in [-0.1, -0.05) is 60.2 Å². The van der Waals surface area contributed by atoms with Crippen LogP contribution in [0.15, 0.2) is 54.6 Å². The second-order valence-electron chi connectivity index (χ2n) is 8.03. The highest BCUT2D eigenvalue weighted by Crippen LogP contribution is 2.25. The lowest BCUT2D eigenvalue weighted by atomic mass is 9.90. The molecule has 3 amide bonds. The predicted octanol–water partition coefficient (Wildman–Crippen LogP) is 3.97. The summed E-state index contributed by atoms with van der Waals surface area (Å²) in [7, 11) is 0. The van der Waals surface area contributed by atoms with E-state index in [0.717, 1.165) is 43.5 Å². The van der Waals surface area contributed by atoms with Crippen LogP contribution in [0.4, 0.5) is 4.79 Å². The van der Waals surface area contributed by atoms with Gasteiger partial charge in [-0.3, -0.25) is 4.79 Å². The number of hydrogen-bond acceptors (Lipinski definition) is 2. The topological polar surface area (TPSA) is 75.4 Å². The van der Waals surface area contributed by atoms with Crippen LogP contribution >= 0.6 is 0 Å². The summed E-state index contributed by atoms with van der Waals surface area (Å²) in [5.74, 6) is 0.738. The molecule has 0 aliphatic carbocycles. The Balaban J connectivity index is 1.51. The molecule has 5 nitrogen and oxygen atoms in total. The zero-order chi connectivity index (χ0) is 20.6. The smallest absolute Gasteiger partial charge is 0.312 e. The second kappa shape index (κ2) is 10.1. The molecule has 3 rings (SSSR count). The summed E-state index contributed by atoms with van der Waals surface area (Å²) in [5.41, 5.74) is 8.73. The third kappa shape index (κ3) is 6.34. The largest absolute Gasteiger partial charge is 0.352 e. The van der Waals surface area contributed by atoms with Crippen molar-refractivity contribution in [2.45, 2.75) is 45.1 Å². The van der Waals surface area contributed by atoms with Crippen molar-refractivity contribution < 1.29 is 9.59 Å². The SMILES string of the molecule is Cc1cccc([C@H](CC(=O)N2CCC(CCc3ccccc3)CC2)NC(N)=O)c1. The standard InChI is InChI=1S/C24H31N3O2/c1-18-6-5-9-21(16-18)22(26-24(25)29)17-23(28)27-14-12-20(13-15-27)11-10-19-7-3-2-4-8-19/h2-9,16,20,22H,10-15,17H2,1H3,(H3,25,26,29)/t22-/m0/s1. The Morgan fingerprint density at radius 3 is 2.48 bits per heavy atom. The maximum Gasteiger partial charge on any atom is 0.312 e. The lowest BCUT2D eigenvalue weighted by Crippen LogP contribution is -2.41. The Kier molecular flexibility index (Phi) is 7.28. The number of aryl methyl sites for hydroxylation is 2. The minimum atomic E-state index is -0.607. The van der Waals surface area contributed by atoms with Crippen LogP contribution in [0, 0.1) is 12.8 Å². The average molecular weight is 394 g/mol. The molecule has 2 aromatic rings. The van der Waals surface area contributed by atoms with Gasteiger partial charge in [0.1, 0.15) is 0 Å². The van der Waals surface area contributed by atoms with E-state index in [-0.39, 0.29) is 12.3 Å². The Morgan fingerprint density at radius 1 is 1.10 bits per heavy atom. The van der Waals surface area contributed by atoms with Gasteiger partial charge in [-0.05, 0) is 49.7 Å². The fraction of sp³-hybridized carbons (Fsp3) is 0.417. The van der Waals surface area contributed by atoms with Crippen molar-refractivity contribution in [3.63, 3.8) is 0 Å². The number of carbonyl (C=O) groups excluding carboxylic acids is 2. The van der Waals surface area contributed by atoms with Gasteiger partial charge in [-0.15, -0.1) is 0 Å². The highest BCUT2D eigenvalue weighted by Gasteiger charge is 2.26. The normalized spacial score (nSPS) is 15.7. The van der Waals surface area contributed by atoms with Crippen LogP contribution in [0.2, 0.25) is 0 Å². The molecule has 1 saturated heterocycles. The zero-order valence-electron chi connectivity index (χ0n) is 17.1. The first-order valence-electron chi connectivity index (χ1n) is 10.5. The lowest BCUT2D eigenvalue weighted by Gasteiger charge is -2.33. The van der Waals surface area contributed by atoms with Gasteiger partial charge in [0.2, 0.25) is 5.91 Å². The van der Waals surface area contributed by atoms with Crippen LogP contribution in [-0.2, 0) is 11.2 Å². The summed E-state index contributed by atoms with van der Waals surface area (Å²) in [4.78, 5) is 26.2. The molecule has 0 saturated carbocycles. The molecule has 0 spiro atoms. The van der Waals surface area contributed by atoms with Crippen LogP contribution in [0.1, 0.15) is 48.4 Å². The number of primary amides is 1. The molecule has 1 fully saturated rings. The third-order valence-electron chi connectivity index (χ3n) is 5.79. The van der Waals surface area contributed by atoms with Gasteiger partial charge in [0, 0.05) is 13.1 Å².